The van der Waals surface area contributed by atoms with Crippen molar-refractivity contribution in [2.24, 2.45) is 0 Å². The van der Waals surface area contributed by atoms with E-state index in [2.05, 4.69) is 15.5 Å². The van der Waals surface area contributed by atoms with Crippen LogP contribution in [0.15, 0.2) is 0 Å². The van der Waals surface area contributed by atoms with Gasteiger partial charge in [0, 0.05) is 11.7 Å². The maximum absolute atomic E-state index is 12.0. The summed E-state index contributed by atoms with van der Waals surface area (Å²) in [6, 6.07) is 0.408. The molecule has 1 saturated carbocycles. The van der Waals surface area contributed by atoms with Crippen LogP contribution < -0.4 is 5.32 Å². The molecule has 1 aromatic rings. The van der Waals surface area contributed by atoms with Gasteiger partial charge >= 0.3 is 5.97 Å². The number of nitrogens with one attached hydrogen (secondary N) is 2. The van der Waals surface area contributed by atoms with Gasteiger partial charge in [0.1, 0.15) is 5.56 Å². The molecule has 120 valence electrons. The van der Waals surface area contributed by atoms with Crippen LogP contribution in [0.1, 0.15) is 67.9 Å². The van der Waals surface area contributed by atoms with Gasteiger partial charge in [-0.3, -0.25) is 5.10 Å². The van der Waals surface area contributed by atoms with Crippen molar-refractivity contribution in [1.29, 1.82) is 0 Å². The predicted octanol–water partition coefficient (Wildman–Crippen LogP) is 3.84. The molecule has 0 aromatic carbocycles. The maximum atomic E-state index is 12.0. The fraction of sp³-hybridized carbons (Fsp3) is 0.733. The summed E-state index contributed by atoms with van der Waals surface area (Å²) in [4.78, 5) is 12.0. The van der Waals surface area contributed by atoms with Crippen molar-refractivity contribution in [3.8, 4) is 0 Å². The number of carbonyl (C=O) groups is 1. The lowest BCUT2D eigenvalue weighted by Crippen LogP contribution is -2.22. The summed E-state index contributed by atoms with van der Waals surface area (Å²) in [7, 11) is 0. The first kappa shape index (κ1) is 17.8. The number of anilines is 1. The van der Waals surface area contributed by atoms with Gasteiger partial charge in [0.15, 0.2) is 5.82 Å². The summed E-state index contributed by atoms with van der Waals surface area (Å²) in [5, 5.41) is 10.5. The minimum Gasteiger partial charge on any atom is -0.462 e. The summed E-state index contributed by atoms with van der Waals surface area (Å²) in [5.41, 5.74) is 1.31. The minimum atomic E-state index is -0.299. The van der Waals surface area contributed by atoms with Crippen molar-refractivity contribution in [2.45, 2.75) is 64.8 Å². The molecule has 0 atom stereocenters. The Morgan fingerprint density at radius 2 is 1.90 bits per heavy atom. The summed E-state index contributed by atoms with van der Waals surface area (Å²) < 4.78 is 5.10. The molecule has 0 radical (unpaired) electrons. The van der Waals surface area contributed by atoms with Gasteiger partial charge in [-0.05, 0) is 26.7 Å². The highest BCUT2D eigenvalue weighted by atomic mass is 35.5. The molecule has 2 rings (SSSR count). The summed E-state index contributed by atoms with van der Waals surface area (Å²) in [6.07, 6.45) is 8.75. The molecule has 1 aliphatic rings. The van der Waals surface area contributed by atoms with Gasteiger partial charge in [0.25, 0.3) is 0 Å². The number of aryl methyl sites for hydroxylation is 1. The van der Waals surface area contributed by atoms with Gasteiger partial charge in [-0.25, -0.2) is 4.79 Å². The molecule has 1 heterocycles. The second-order valence-electron chi connectivity index (χ2n) is 5.48. The van der Waals surface area contributed by atoms with Crippen LogP contribution in [0, 0.1) is 6.92 Å². The predicted molar refractivity (Wildman–Crippen MR) is 86.3 cm³/mol. The zero-order chi connectivity index (χ0) is 14.4. The molecule has 5 nitrogen and oxygen atoms in total. The molecule has 1 aliphatic carbocycles. The van der Waals surface area contributed by atoms with Crippen LogP contribution >= 0.6 is 12.4 Å². The Morgan fingerprint density at radius 3 is 2.52 bits per heavy atom. The standard InChI is InChI=1S/C15H25N3O2.ClH/c1-3-20-15(19)13-11(2)17-18-14(13)16-12-9-7-5-4-6-8-10-12;/h12H,3-10H2,1-2H3,(H2,16,17,18);1H. The number of carbonyl (C=O) groups excluding carboxylic acids is 1. The molecule has 21 heavy (non-hydrogen) atoms. The molecular formula is C15H26ClN3O2. The Labute approximate surface area is 132 Å². The molecule has 2 N–H and O–H groups in total. The Morgan fingerprint density at radius 1 is 1.29 bits per heavy atom. The molecule has 6 heteroatoms. The second-order valence-corrected chi connectivity index (χ2v) is 5.48. The largest absolute Gasteiger partial charge is 0.462 e. The van der Waals surface area contributed by atoms with E-state index in [1.54, 1.807) is 0 Å². The zero-order valence-corrected chi connectivity index (χ0v) is 13.7. The first-order chi connectivity index (χ1) is 9.72. The quantitative estimate of drug-likeness (QED) is 0.828. The van der Waals surface area contributed by atoms with Gasteiger partial charge in [-0.15, -0.1) is 12.4 Å². The lowest BCUT2D eigenvalue weighted by molar-refractivity contribution is 0.0526. The number of aromatic amines is 1. The Hall–Kier alpha value is -1.23. The number of hydrogen-bond acceptors (Lipinski definition) is 4. The Kier molecular flexibility index (Phi) is 7.57. The number of rotatable bonds is 4. The molecule has 0 unspecified atom stereocenters. The van der Waals surface area contributed by atoms with Crippen LogP contribution in [-0.4, -0.2) is 28.8 Å². The highest BCUT2D eigenvalue weighted by molar-refractivity contribution is 5.95. The molecule has 0 amide bonds. The van der Waals surface area contributed by atoms with Crippen molar-refractivity contribution in [3.63, 3.8) is 0 Å². The maximum Gasteiger partial charge on any atom is 0.343 e. The minimum absolute atomic E-state index is 0. The van der Waals surface area contributed by atoms with E-state index in [-0.39, 0.29) is 18.4 Å². The lowest BCUT2D eigenvalue weighted by atomic mass is 9.96. The monoisotopic (exact) mass is 315 g/mol. The average Bonchev–Trinajstić information content (AvgIpc) is 2.74. The second kappa shape index (κ2) is 8.93. The lowest BCUT2D eigenvalue weighted by Gasteiger charge is -2.21. The fourth-order valence-corrected chi connectivity index (χ4v) is 2.78. The zero-order valence-electron chi connectivity index (χ0n) is 12.9. The van der Waals surface area contributed by atoms with E-state index < -0.39 is 0 Å². The third-order valence-electron chi connectivity index (χ3n) is 3.87. The van der Waals surface area contributed by atoms with E-state index in [4.69, 9.17) is 4.74 Å². The van der Waals surface area contributed by atoms with Crippen LogP contribution in [0.4, 0.5) is 5.82 Å². The topological polar surface area (TPSA) is 67.0 Å². The van der Waals surface area contributed by atoms with Gasteiger partial charge in [0.2, 0.25) is 0 Å². The Balaban J connectivity index is 0.00000220. The molecule has 0 spiro atoms. The van der Waals surface area contributed by atoms with Crippen molar-refractivity contribution < 1.29 is 9.53 Å². The van der Waals surface area contributed by atoms with Gasteiger partial charge in [-0.1, -0.05) is 32.1 Å². The number of esters is 1. The van der Waals surface area contributed by atoms with Crippen LogP contribution in [0.2, 0.25) is 0 Å². The number of ether oxygens (including phenoxy) is 1. The van der Waals surface area contributed by atoms with Gasteiger partial charge in [0.05, 0.1) is 6.61 Å². The third-order valence-corrected chi connectivity index (χ3v) is 3.87. The van der Waals surface area contributed by atoms with Crippen molar-refractivity contribution in [1.82, 2.24) is 10.2 Å². The summed E-state index contributed by atoms with van der Waals surface area (Å²) in [6.45, 7) is 4.05. The smallest absolute Gasteiger partial charge is 0.343 e. The summed E-state index contributed by atoms with van der Waals surface area (Å²) >= 11 is 0. The first-order valence-electron chi connectivity index (χ1n) is 7.71. The molecule has 0 aliphatic heterocycles. The van der Waals surface area contributed by atoms with E-state index >= 15 is 0 Å². The molecular weight excluding hydrogens is 290 g/mol. The van der Waals surface area contributed by atoms with E-state index in [0.29, 0.717) is 24.0 Å². The summed E-state index contributed by atoms with van der Waals surface area (Å²) in [5.74, 6) is 0.346. The molecule has 1 fully saturated rings. The highest BCUT2D eigenvalue weighted by Gasteiger charge is 2.21. The molecule has 0 saturated heterocycles. The van der Waals surface area contributed by atoms with E-state index in [1.165, 1.54) is 32.1 Å². The van der Waals surface area contributed by atoms with Crippen LogP contribution in [0.3, 0.4) is 0 Å². The third kappa shape index (κ3) is 4.92. The van der Waals surface area contributed by atoms with E-state index in [9.17, 15) is 4.79 Å². The van der Waals surface area contributed by atoms with Gasteiger partial charge in [-0.2, -0.15) is 5.10 Å². The fourth-order valence-electron chi connectivity index (χ4n) is 2.78. The van der Waals surface area contributed by atoms with E-state index in [1.807, 2.05) is 13.8 Å². The normalized spacial score (nSPS) is 16.5. The van der Waals surface area contributed by atoms with Crippen molar-refractivity contribution >= 4 is 24.2 Å². The first-order valence-corrected chi connectivity index (χ1v) is 7.71. The molecule has 0 bridgehead atoms. The highest BCUT2D eigenvalue weighted by Crippen LogP contribution is 2.23. The number of nitrogens with zero attached hydrogens (tertiary/aromatic N) is 1. The SMILES string of the molecule is CCOC(=O)c1c(NC2CCCCCCC2)n[nH]c1C.Cl. The van der Waals surface area contributed by atoms with Crippen LogP contribution in [0.5, 0.6) is 0 Å². The van der Waals surface area contributed by atoms with Crippen molar-refractivity contribution in [3.05, 3.63) is 11.3 Å². The number of halogens is 1. The van der Waals surface area contributed by atoms with Crippen LogP contribution in [-0.2, 0) is 4.74 Å². The molecule has 1 aromatic heterocycles. The number of H-pyrrole nitrogens is 1. The van der Waals surface area contributed by atoms with Crippen molar-refractivity contribution in [2.75, 3.05) is 11.9 Å². The average molecular weight is 316 g/mol. The van der Waals surface area contributed by atoms with Gasteiger partial charge < -0.3 is 10.1 Å². The number of aromatic nitrogens is 2. The number of hydrogen-bond donors (Lipinski definition) is 2. The van der Waals surface area contributed by atoms with Crippen LogP contribution in [0.25, 0.3) is 0 Å². The Bertz CT molecular complexity index is 440. The van der Waals surface area contributed by atoms with E-state index in [0.717, 1.165) is 18.5 Å².